The number of urea groups is 1. The Labute approximate surface area is 252 Å². The predicted octanol–water partition coefficient (Wildman–Crippen LogP) is 5.97. The summed E-state index contributed by atoms with van der Waals surface area (Å²) in [7, 11) is 4.10. The van der Waals surface area contributed by atoms with Gasteiger partial charge in [-0.25, -0.2) is 9.18 Å². The lowest BCUT2D eigenvalue weighted by molar-refractivity contribution is -0.134. The van der Waals surface area contributed by atoms with E-state index in [2.05, 4.69) is 17.1 Å². The smallest absolute Gasteiger partial charge is 0.318 e. The second kappa shape index (κ2) is 14.6. The van der Waals surface area contributed by atoms with Crippen molar-refractivity contribution in [2.24, 2.45) is 0 Å². The second-order valence-corrected chi connectivity index (χ2v) is 12.1. The van der Waals surface area contributed by atoms with Gasteiger partial charge in [0.15, 0.2) is 0 Å². The molecule has 2 fully saturated rings. The van der Waals surface area contributed by atoms with Crippen molar-refractivity contribution >= 4 is 35.1 Å². The minimum atomic E-state index is -0.797. The lowest BCUT2D eigenvalue weighted by atomic mass is 9.88. The molecule has 1 N–H and O–H groups in total. The number of halogens is 3. The molecule has 2 saturated heterocycles. The molecular weight excluding hydrogens is 566 g/mol. The molecule has 10 heteroatoms. The van der Waals surface area contributed by atoms with Gasteiger partial charge < -0.3 is 24.8 Å². The van der Waals surface area contributed by atoms with Crippen molar-refractivity contribution in [1.82, 2.24) is 20.0 Å². The highest BCUT2D eigenvalue weighted by molar-refractivity contribution is 6.31. The molecule has 41 heavy (non-hydrogen) atoms. The van der Waals surface area contributed by atoms with E-state index in [4.69, 9.17) is 27.9 Å². The van der Waals surface area contributed by atoms with E-state index >= 15 is 0 Å². The van der Waals surface area contributed by atoms with Crippen molar-refractivity contribution in [3.05, 3.63) is 63.4 Å². The third kappa shape index (κ3) is 8.27. The van der Waals surface area contributed by atoms with E-state index in [0.717, 1.165) is 43.4 Å². The molecule has 0 aromatic heterocycles. The first kappa shape index (κ1) is 31.4. The van der Waals surface area contributed by atoms with Gasteiger partial charge in [-0.1, -0.05) is 42.3 Å². The van der Waals surface area contributed by atoms with Crippen molar-refractivity contribution in [3.63, 3.8) is 0 Å². The summed E-state index contributed by atoms with van der Waals surface area (Å²) in [6.07, 6.45) is 4.60. The molecule has 224 valence electrons. The van der Waals surface area contributed by atoms with Crippen molar-refractivity contribution in [2.75, 3.05) is 46.9 Å². The predicted molar refractivity (Wildman–Crippen MR) is 162 cm³/mol. The molecule has 2 aliphatic rings. The molecule has 0 bridgehead atoms. The molecular formula is C31H41Cl2FN4O3. The maximum atomic E-state index is 13.8. The Balaban J connectivity index is 1.45. The second-order valence-electron chi connectivity index (χ2n) is 11.3. The number of ether oxygens (including phenoxy) is 1. The maximum absolute atomic E-state index is 13.8. The Morgan fingerprint density at radius 1 is 1.05 bits per heavy atom. The summed E-state index contributed by atoms with van der Waals surface area (Å²) in [5.74, 6) is 0.419. The highest BCUT2D eigenvalue weighted by Gasteiger charge is 2.32. The van der Waals surface area contributed by atoms with Crippen molar-refractivity contribution in [3.8, 4) is 5.75 Å². The summed E-state index contributed by atoms with van der Waals surface area (Å²) in [6.45, 7) is 5.16. The summed E-state index contributed by atoms with van der Waals surface area (Å²) in [4.78, 5) is 32.5. The van der Waals surface area contributed by atoms with Crippen LogP contribution in [0.2, 0.25) is 10.0 Å². The van der Waals surface area contributed by atoms with Gasteiger partial charge >= 0.3 is 6.03 Å². The van der Waals surface area contributed by atoms with Crippen LogP contribution in [-0.4, -0.2) is 85.6 Å². The van der Waals surface area contributed by atoms with Crippen LogP contribution in [-0.2, 0) is 11.2 Å². The van der Waals surface area contributed by atoms with Gasteiger partial charge in [-0.3, -0.25) is 4.79 Å². The number of benzene rings is 2. The number of carbonyl (C=O) groups excluding carboxylic acids is 2. The number of nitrogens with one attached hydrogen (secondary N) is 1. The molecule has 2 aliphatic heterocycles. The molecule has 2 aromatic rings. The number of amides is 3. The highest BCUT2D eigenvalue weighted by Crippen LogP contribution is 2.36. The first-order chi connectivity index (χ1) is 19.7. The fraction of sp³-hybridized carbons (Fsp3) is 0.548. The quantitative estimate of drug-likeness (QED) is 0.362. The number of hydrogen-bond acceptors (Lipinski definition) is 4. The van der Waals surface area contributed by atoms with Gasteiger partial charge in [0.05, 0.1) is 0 Å². The molecule has 0 saturated carbocycles. The number of nitrogens with zero attached hydrogens (tertiary/aromatic N) is 3. The summed E-state index contributed by atoms with van der Waals surface area (Å²) >= 11 is 12.6. The molecule has 2 heterocycles. The van der Waals surface area contributed by atoms with Crippen LogP contribution in [0.4, 0.5) is 9.18 Å². The van der Waals surface area contributed by atoms with E-state index in [0.29, 0.717) is 49.4 Å². The monoisotopic (exact) mass is 606 g/mol. The largest absolute Gasteiger partial charge is 0.492 e. The molecule has 2 atom stereocenters. The fourth-order valence-corrected chi connectivity index (χ4v) is 6.09. The number of likely N-dealkylation sites (tertiary alicyclic amines) is 2. The van der Waals surface area contributed by atoms with Gasteiger partial charge in [-0.05, 0) is 87.5 Å². The molecule has 0 spiro atoms. The van der Waals surface area contributed by atoms with Crippen LogP contribution in [0.25, 0.3) is 0 Å². The van der Waals surface area contributed by atoms with Gasteiger partial charge in [0.2, 0.25) is 5.91 Å². The summed E-state index contributed by atoms with van der Waals surface area (Å²) in [6, 6.07) is 9.19. The van der Waals surface area contributed by atoms with Gasteiger partial charge in [-0.15, -0.1) is 0 Å². The topological polar surface area (TPSA) is 65.1 Å². The minimum Gasteiger partial charge on any atom is -0.492 e. The molecule has 0 aliphatic carbocycles. The van der Waals surface area contributed by atoms with Crippen LogP contribution >= 0.6 is 23.2 Å². The number of hydrogen-bond donors (Lipinski definition) is 1. The molecule has 7 nitrogen and oxygen atoms in total. The Morgan fingerprint density at radius 3 is 2.39 bits per heavy atom. The van der Waals surface area contributed by atoms with Gasteiger partial charge in [0.25, 0.3) is 0 Å². The average molecular weight is 608 g/mol. The first-order valence-corrected chi connectivity index (χ1v) is 15.3. The third-order valence-corrected chi connectivity index (χ3v) is 8.87. The average Bonchev–Trinajstić information content (AvgIpc) is 3.49. The SMILES string of the molecule is CCC(COc1cc(Cl)ccc1C1CCN(C(=O)[C@@H](Cc2ccc(F)cc2Cl)NC(=O)N2CCCC2)CC1)N(C)C. The molecule has 0 radical (unpaired) electrons. The maximum Gasteiger partial charge on any atom is 0.318 e. The van der Waals surface area contributed by atoms with E-state index in [1.54, 1.807) is 11.0 Å². The Hall–Kier alpha value is -2.55. The van der Waals surface area contributed by atoms with Gasteiger partial charge in [0, 0.05) is 48.7 Å². The van der Waals surface area contributed by atoms with Crippen LogP contribution in [0, 0.1) is 5.82 Å². The molecule has 1 unspecified atom stereocenters. The van der Waals surface area contributed by atoms with E-state index in [9.17, 15) is 14.0 Å². The van der Waals surface area contributed by atoms with E-state index in [1.807, 2.05) is 37.2 Å². The number of likely N-dealkylation sites (N-methyl/N-ethyl adjacent to an activating group) is 1. The van der Waals surface area contributed by atoms with Crippen LogP contribution in [0.1, 0.15) is 56.1 Å². The molecule has 3 amide bonds. The van der Waals surface area contributed by atoms with Gasteiger partial charge in [-0.2, -0.15) is 0 Å². The standard InChI is InChI=1S/C31H41Cl2FN4O3/c1-4-25(36(2)3)20-41-29-18-23(32)8-10-26(29)21-11-15-37(16-12-21)30(39)28(35-31(40)38-13-5-6-14-38)17-22-7-9-24(34)19-27(22)33/h7-10,18-19,21,25,28H,4-6,11-17,20H2,1-3H3,(H,35,40)/t25?,28-/m1/s1. The summed E-state index contributed by atoms with van der Waals surface area (Å²) in [5.41, 5.74) is 1.72. The highest BCUT2D eigenvalue weighted by atomic mass is 35.5. The summed E-state index contributed by atoms with van der Waals surface area (Å²) < 4.78 is 19.9. The summed E-state index contributed by atoms with van der Waals surface area (Å²) in [5, 5.41) is 3.82. The van der Waals surface area contributed by atoms with E-state index in [-0.39, 0.29) is 29.3 Å². The fourth-order valence-electron chi connectivity index (χ4n) is 5.69. The molecule has 4 rings (SSSR count). The van der Waals surface area contributed by atoms with Gasteiger partial charge in [0.1, 0.15) is 24.2 Å². The van der Waals surface area contributed by atoms with Crippen molar-refractivity contribution in [2.45, 2.75) is 63.5 Å². The zero-order valence-electron chi connectivity index (χ0n) is 24.2. The first-order valence-electron chi connectivity index (χ1n) is 14.5. The number of carbonyl (C=O) groups is 2. The van der Waals surface area contributed by atoms with E-state index < -0.39 is 11.9 Å². The zero-order valence-corrected chi connectivity index (χ0v) is 25.7. The lowest BCUT2D eigenvalue weighted by Gasteiger charge is -2.35. The van der Waals surface area contributed by atoms with Crippen molar-refractivity contribution in [1.29, 1.82) is 0 Å². The minimum absolute atomic E-state index is 0.152. The third-order valence-electron chi connectivity index (χ3n) is 8.28. The Bertz CT molecular complexity index is 1200. The lowest BCUT2D eigenvalue weighted by Crippen LogP contribution is -2.54. The number of piperidine rings is 1. The van der Waals surface area contributed by atoms with Crippen LogP contribution in [0.15, 0.2) is 36.4 Å². The van der Waals surface area contributed by atoms with E-state index in [1.165, 1.54) is 12.1 Å². The Morgan fingerprint density at radius 2 is 1.76 bits per heavy atom. The zero-order chi connectivity index (χ0) is 29.5. The Kier molecular flexibility index (Phi) is 11.1. The molecule has 2 aromatic carbocycles. The number of rotatable bonds is 10. The van der Waals surface area contributed by atoms with Crippen LogP contribution < -0.4 is 10.1 Å². The van der Waals surface area contributed by atoms with Crippen LogP contribution in [0.3, 0.4) is 0 Å². The normalized spacial score (nSPS) is 17.5. The van der Waals surface area contributed by atoms with Crippen LogP contribution in [0.5, 0.6) is 5.75 Å². The van der Waals surface area contributed by atoms with Crippen molar-refractivity contribution < 1.29 is 18.7 Å².